The summed E-state index contributed by atoms with van der Waals surface area (Å²) in [6.45, 7) is 3.44. The fourth-order valence-electron chi connectivity index (χ4n) is 3.00. The van der Waals surface area contributed by atoms with Crippen LogP contribution in [0.25, 0.3) is 22.4 Å². The Morgan fingerprint density at radius 3 is 2.64 bits per heavy atom. The number of nitrogens with one attached hydrogen (secondary N) is 1. The molecular formula is C21H15F2N3O2. The average molecular weight is 379 g/mol. The Balaban J connectivity index is 1.85. The fourth-order valence-corrected chi connectivity index (χ4v) is 3.00. The molecule has 0 radical (unpaired) electrons. The van der Waals surface area contributed by atoms with Crippen molar-refractivity contribution < 1.29 is 18.1 Å². The van der Waals surface area contributed by atoms with Gasteiger partial charge >= 0.3 is 0 Å². The second-order valence-electron chi connectivity index (χ2n) is 6.40. The standard InChI is InChI=1S/C21H15F2N3O2/c1-11-7-8-13(22)9-17(11)24-20(27)15-10-18(14-5-3-4-6-16(14)23)25-21-19(15)12(2)26-28-21/h3-10H,1-2H3,(H,24,27). The van der Waals surface area contributed by atoms with Crippen LogP contribution in [-0.4, -0.2) is 16.0 Å². The molecule has 1 N–H and O–H groups in total. The highest BCUT2D eigenvalue weighted by Crippen LogP contribution is 2.29. The Kier molecular flexibility index (Phi) is 4.35. The molecule has 28 heavy (non-hydrogen) atoms. The number of carbonyl (C=O) groups is 1. The third-order valence-corrected chi connectivity index (χ3v) is 4.46. The van der Waals surface area contributed by atoms with Gasteiger partial charge in [-0.15, -0.1) is 0 Å². The van der Waals surface area contributed by atoms with Gasteiger partial charge in [0.05, 0.1) is 22.3 Å². The van der Waals surface area contributed by atoms with Crippen LogP contribution in [0, 0.1) is 25.5 Å². The highest BCUT2D eigenvalue weighted by molar-refractivity contribution is 6.13. The molecule has 0 saturated heterocycles. The number of halogens is 2. The zero-order valence-electron chi connectivity index (χ0n) is 15.1. The molecule has 0 atom stereocenters. The van der Waals surface area contributed by atoms with E-state index in [1.54, 1.807) is 38.1 Å². The lowest BCUT2D eigenvalue weighted by Crippen LogP contribution is -2.14. The molecule has 1 amide bonds. The number of carbonyl (C=O) groups excluding carboxylic acids is 1. The average Bonchev–Trinajstić information content (AvgIpc) is 3.05. The molecule has 0 bridgehead atoms. The molecule has 0 fully saturated rings. The zero-order valence-corrected chi connectivity index (χ0v) is 15.1. The third-order valence-electron chi connectivity index (χ3n) is 4.46. The van der Waals surface area contributed by atoms with Gasteiger partial charge in [-0.05, 0) is 49.7 Å². The molecule has 4 rings (SSSR count). The monoisotopic (exact) mass is 379 g/mol. The van der Waals surface area contributed by atoms with E-state index in [4.69, 9.17) is 4.52 Å². The van der Waals surface area contributed by atoms with Gasteiger partial charge in [-0.3, -0.25) is 4.79 Å². The van der Waals surface area contributed by atoms with Crippen molar-refractivity contribution in [3.63, 3.8) is 0 Å². The first-order valence-corrected chi connectivity index (χ1v) is 8.53. The van der Waals surface area contributed by atoms with Gasteiger partial charge in [0, 0.05) is 11.3 Å². The minimum atomic E-state index is -0.495. The predicted molar refractivity (Wildman–Crippen MR) is 101 cm³/mol. The van der Waals surface area contributed by atoms with Gasteiger partial charge in [-0.1, -0.05) is 23.4 Å². The van der Waals surface area contributed by atoms with E-state index in [1.807, 2.05) is 0 Å². The van der Waals surface area contributed by atoms with Crippen LogP contribution in [-0.2, 0) is 0 Å². The summed E-state index contributed by atoms with van der Waals surface area (Å²) in [6, 6.07) is 11.7. The number of benzene rings is 2. The number of hydrogen-bond acceptors (Lipinski definition) is 4. The molecule has 0 unspecified atom stereocenters. The van der Waals surface area contributed by atoms with Gasteiger partial charge in [0.15, 0.2) is 0 Å². The molecule has 2 aromatic carbocycles. The maximum Gasteiger partial charge on any atom is 0.259 e. The van der Waals surface area contributed by atoms with Crippen molar-refractivity contribution in [1.82, 2.24) is 10.1 Å². The molecule has 0 aliphatic carbocycles. The summed E-state index contributed by atoms with van der Waals surface area (Å²) in [5.74, 6) is -1.43. The minimum Gasteiger partial charge on any atom is -0.335 e. The summed E-state index contributed by atoms with van der Waals surface area (Å²) in [5, 5.41) is 6.99. The van der Waals surface area contributed by atoms with Crippen LogP contribution in [0.4, 0.5) is 14.5 Å². The van der Waals surface area contributed by atoms with Crippen LogP contribution >= 0.6 is 0 Å². The zero-order chi connectivity index (χ0) is 19.8. The number of anilines is 1. The molecule has 0 aliphatic heterocycles. The fraction of sp³-hybridized carbons (Fsp3) is 0.0952. The Bertz CT molecular complexity index is 1220. The molecule has 0 saturated carbocycles. The van der Waals surface area contributed by atoms with E-state index in [-0.39, 0.29) is 22.5 Å². The summed E-state index contributed by atoms with van der Waals surface area (Å²) >= 11 is 0. The van der Waals surface area contributed by atoms with Crippen LogP contribution in [0.5, 0.6) is 0 Å². The van der Waals surface area contributed by atoms with Crippen LogP contribution in [0.15, 0.2) is 53.1 Å². The van der Waals surface area contributed by atoms with Crippen LogP contribution in [0.3, 0.4) is 0 Å². The van der Waals surface area contributed by atoms with E-state index < -0.39 is 17.5 Å². The first kappa shape index (κ1) is 17.8. The molecule has 2 aromatic heterocycles. The molecule has 5 nitrogen and oxygen atoms in total. The highest BCUT2D eigenvalue weighted by Gasteiger charge is 2.21. The maximum atomic E-state index is 14.2. The van der Waals surface area contributed by atoms with Crippen molar-refractivity contribution in [3.05, 3.63) is 77.0 Å². The number of aromatic nitrogens is 2. The largest absolute Gasteiger partial charge is 0.335 e. The second-order valence-corrected chi connectivity index (χ2v) is 6.40. The smallest absolute Gasteiger partial charge is 0.259 e. The summed E-state index contributed by atoms with van der Waals surface area (Å²) < 4.78 is 33.0. The lowest BCUT2D eigenvalue weighted by atomic mass is 10.0. The van der Waals surface area contributed by atoms with Crippen LogP contribution in [0.1, 0.15) is 21.6 Å². The van der Waals surface area contributed by atoms with Gasteiger partial charge in [-0.25, -0.2) is 13.8 Å². The first-order valence-electron chi connectivity index (χ1n) is 8.53. The van der Waals surface area contributed by atoms with E-state index in [0.29, 0.717) is 22.3 Å². The molecular weight excluding hydrogens is 364 g/mol. The van der Waals surface area contributed by atoms with Gasteiger partial charge in [0.1, 0.15) is 11.6 Å². The lowest BCUT2D eigenvalue weighted by Gasteiger charge is -2.10. The normalized spacial score (nSPS) is 11.0. The molecule has 2 heterocycles. The van der Waals surface area contributed by atoms with Crippen molar-refractivity contribution in [3.8, 4) is 11.3 Å². The van der Waals surface area contributed by atoms with Crippen molar-refractivity contribution in [1.29, 1.82) is 0 Å². The van der Waals surface area contributed by atoms with Gasteiger partial charge < -0.3 is 9.84 Å². The van der Waals surface area contributed by atoms with E-state index in [1.165, 1.54) is 24.3 Å². The quantitative estimate of drug-likeness (QED) is 0.542. The van der Waals surface area contributed by atoms with E-state index >= 15 is 0 Å². The Labute approximate surface area is 159 Å². The van der Waals surface area contributed by atoms with E-state index in [9.17, 15) is 13.6 Å². The summed E-state index contributed by atoms with van der Waals surface area (Å²) in [4.78, 5) is 17.3. The number of rotatable bonds is 3. The van der Waals surface area contributed by atoms with E-state index in [0.717, 1.165) is 0 Å². The Morgan fingerprint density at radius 2 is 1.86 bits per heavy atom. The number of fused-ring (bicyclic) bond motifs is 1. The lowest BCUT2D eigenvalue weighted by molar-refractivity contribution is 0.102. The molecule has 4 aromatic rings. The SMILES string of the molecule is Cc1ccc(F)cc1NC(=O)c1cc(-c2ccccc2F)nc2onc(C)c12. The third kappa shape index (κ3) is 3.11. The topological polar surface area (TPSA) is 68.0 Å². The van der Waals surface area contributed by atoms with Crippen LogP contribution in [0.2, 0.25) is 0 Å². The molecule has 140 valence electrons. The molecule has 0 spiro atoms. The van der Waals surface area contributed by atoms with Crippen molar-refractivity contribution in [2.45, 2.75) is 13.8 Å². The number of amides is 1. The number of pyridine rings is 1. The van der Waals surface area contributed by atoms with Crippen molar-refractivity contribution in [2.24, 2.45) is 0 Å². The maximum absolute atomic E-state index is 14.2. The number of nitrogens with zero attached hydrogens (tertiary/aromatic N) is 2. The summed E-state index contributed by atoms with van der Waals surface area (Å²) in [6.07, 6.45) is 0. The van der Waals surface area contributed by atoms with Crippen molar-refractivity contribution in [2.75, 3.05) is 5.32 Å². The summed E-state index contributed by atoms with van der Waals surface area (Å²) in [5.41, 5.74) is 2.33. The predicted octanol–water partition coefficient (Wildman–Crippen LogP) is 5.04. The molecule has 0 aliphatic rings. The van der Waals surface area contributed by atoms with Gasteiger partial charge in [-0.2, -0.15) is 0 Å². The Morgan fingerprint density at radius 1 is 1.07 bits per heavy atom. The van der Waals surface area contributed by atoms with E-state index in [2.05, 4.69) is 15.5 Å². The van der Waals surface area contributed by atoms with Gasteiger partial charge in [0.25, 0.3) is 11.6 Å². The minimum absolute atomic E-state index is 0.124. The Hall–Kier alpha value is -3.61. The molecule has 7 heteroatoms. The number of hydrogen-bond donors (Lipinski definition) is 1. The van der Waals surface area contributed by atoms with Crippen molar-refractivity contribution >= 4 is 22.7 Å². The van der Waals surface area contributed by atoms with Crippen LogP contribution < -0.4 is 5.32 Å². The highest BCUT2D eigenvalue weighted by atomic mass is 19.1. The van der Waals surface area contributed by atoms with Gasteiger partial charge in [0.2, 0.25) is 0 Å². The summed E-state index contributed by atoms with van der Waals surface area (Å²) in [7, 11) is 0. The second kappa shape index (κ2) is 6.84. The number of aryl methyl sites for hydroxylation is 2. The first-order chi connectivity index (χ1) is 13.4.